The highest BCUT2D eigenvalue weighted by Gasteiger charge is 2.31. The molecule has 0 spiro atoms. The second-order valence-electron chi connectivity index (χ2n) is 5.49. The highest BCUT2D eigenvalue weighted by molar-refractivity contribution is 9.10. The van der Waals surface area contributed by atoms with Gasteiger partial charge in [-0.25, -0.2) is 5.01 Å². The average molecular weight is 388 g/mol. The third-order valence-electron chi connectivity index (χ3n) is 3.88. The van der Waals surface area contributed by atoms with Gasteiger partial charge in [0.15, 0.2) is 0 Å². The van der Waals surface area contributed by atoms with E-state index in [1.54, 1.807) is 12.1 Å². The molecule has 1 heterocycles. The summed E-state index contributed by atoms with van der Waals surface area (Å²) in [7, 11) is 0. The molecule has 2 aromatic carbocycles. The monoisotopic (exact) mass is 387 g/mol. The van der Waals surface area contributed by atoms with E-state index in [0.717, 1.165) is 10.0 Å². The van der Waals surface area contributed by atoms with Crippen LogP contribution in [0.3, 0.4) is 0 Å². The van der Waals surface area contributed by atoms with Gasteiger partial charge in [-0.05, 0) is 17.7 Å². The number of nitrogens with zero attached hydrogens (tertiary/aromatic N) is 3. The molecule has 2 aromatic rings. The molecule has 0 fully saturated rings. The van der Waals surface area contributed by atoms with Gasteiger partial charge in [0.25, 0.3) is 5.69 Å². The summed E-state index contributed by atoms with van der Waals surface area (Å²) in [5.41, 5.74) is 2.31. The number of non-ortho nitro benzene ring substituents is 1. The summed E-state index contributed by atoms with van der Waals surface area (Å²) < 4.78 is 0.957. The fourth-order valence-electron chi connectivity index (χ4n) is 2.72. The molecular formula is C17H14BrN3O3. The van der Waals surface area contributed by atoms with Gasteiger partial charge in [0.2, 0.25) is 5.91 Å². The first-order valence-electron chi connectivity index (χ1n) is 7.33. The Morgan fingerprint density at radius 2 is 2.00 bits per heavy atom. The first kappa shape index (κ1) is 16.3. The molecule has 3 rings (SSSR count). The van der Waals surface area contributed by atoms with Crippen molar-refractivity contribution in [2.24, 2.45) is 5.10 Å². The van der Waals surface area contributed by atoms with Crippen molar-refractivity contribution in [3.63, 3.8) is 0 Å². The Bertz CT molecular complexity index is 833. The van der Waals surface area contributed by atoms with Crippen molar-refractivity contribution in [2.75, 3.05) is 0 Å². The fraction of sp³-hybridized carbons (Fsp3) is 0.176. The Balaban J connectivity index is 1.95. The molecule has 1 aliphatic heterocycles. The maximum absolute atomic E-state index is 12.0. The fourth-order valence-corrected chi connectivity index (χ4v) is 2.98. The maximum atomic E-state index is 12.0. The quantitative estimate of drug-likeness (QED) is 0.588. The summed E-state index contributed by atoms with van der Waals surface area (Å²) >= 11 is 3.40. The predicted octanol–water partition coefficient (Wildman–Crippen LogP) is 4.05. The van der Waals surface area contributed by atoms with Crippen LogP contribution in [-0.2, 0) is 4.79 Å². The molecule has 0 saturated carbocycles. The average Bonchev–Trinajstić information content (AvgIpc) is 3.01. The molecule has 0 radical (unpaired) electrons. The van der Waals surface area contributed by atoms with Crippen molar-refractivity contribution in [2.45, 2.75) is 19.4 Å². The van der Waals surface area contributed by atoms with Crippen LogP contribution < -0.4 is 0 Å². The Labute approximate surface area is 147 Å². The van der Waals surface area contributed by atoms with Gasteiger partial charge in [-0.2, -0.15) is 5.10 Å². The minimum Gasteiger partial charge on any atom is -0.273 e. The van der Waals surface area contributed by atoms with Crippen molar-refractivity contribution >= 4 is 33.2 Å². The highest BCUT2D eigenvalue weighted by Crippen LogP contribution is 2.33. The number of halogens is 1. The SMILES string of the molecule is CC(=O)N1N=C(c2cccc([N+](=O)[O-])c2)C[C@H]1c1ccc(Br)cc1. The molecule has 1 atom stereocenters. The molecule has 0 aliphatic carbocycles. The van der Waals surface area contributed by atoms with Gasteiger partial charge in [-0.15, -0.1) is 0 Å². The van der Waals surface area contributed by atoms with Crippen molar-refractivity contribution in [3.05, 3.63) is 74.2 Å². The lowest BCUT2D eigenvalue weighted by atomic mass is 9.98. The Morgan fingerprint density at radius 1 is 1.29 bits per heavy atom. The van der Waals surface area contributed by atoms with E-state index in [4.69, 9.17) is 0 Å². The normalized spacial score (nSPS) is 16.8. The van der Waals surface area contributed by atoms with E-state index < -0.39 is 4.92 Å². The van der Waals surface area contributed by atoms with Crippen molar-refractivity contribution < 1.29 is 9.72 Å². The van der Waals surface area contributed by atoms with E-state index in [1.165, 1.54) is 24.1 Å². The zero-order valence-corrected chi connectivity index (χ0v) is 14.4. The van der Waals surface area contributed by atoms with Crippen LogP contribution in [0.4, 0.5) is 5.69 Å². The van der Waals surface area contributed by atoms with Crippen LogP contribution in [0.2, 0.25) is 0 Å². The highest BCUT2D eigenvalue weighted by atomic mass is 79.9. The lowest BCUT2D eigenvalue weighted by molar-refractivity contribution is -0.384. The van der Waals surface area contributed by atoms with E-state index in [9.17, 15) is 14.9 Å². The molecule has 24 heavy (non-hydrogen) atoms. The first-order valence-corrected chi connectivity index (χ1v) is 8.12. The summed E-state index contributed by atoms with van der Waals surface area (Å²) in [6.45, 7) is 1.46. The number of carbonyl (C=O) groups is 1. The second-order valence-corrected chi connectivity index (χ2v) is 6.40. The van der Waals surface area contributed by atoms with E-state index in [-0.39, 0.29) is 17.6 Å². The Morgan fingerprint density at radius 3 is 2.62 bits per heavy atom. The first-order chi connectivity index (χ1) is 11.5. The third kappa shape index (κ3) is 3.21. The Kier molecular flexibility index (Phi) is 4.44. The van der Waals surface area contributed by atoms with Crippen LogP contribution in [0.25, 0.3) is 0 Å². The number of nitro benzene ring substituents is 1. The van der Waals surface area contributed by atoms with Crippen LogP contribution in [-0.4, -0.2) is 21.6 Å². The van der Waals surface area contributed by atoms with E-state index >= 15 is 0 Å². The van der Waals surface area contributed by atoms with E-state index in [2.05, 4.69) is 21.0 Å². The van der Waals surface area contributed by atoms with Gasteiger partial charge >= 0.3 is 0 Å². The summed E-state index contributed by atoms with van der Waals surface area (Å²) in [6.07, 6.45) is 0.516. The van der Waals surface area contributed by atoms with E-state index in [1.807, 2.05) is 24.3 Å². The molecule has 1 amide bonds. The van der Waals surface area contributed by atoms with Crippen molar-refractivity contribution in [3.8, 4) is 0 Å². The van der Waals surface area contributed by atoms with Crippen LogP contribution in [0.5, 0.6) is 0 Å². The number of amides is 1. The molecule has 0 saturated heterocycles. The molecule has 6 nitrogen and oxygen atoms in total. The largest absolute Gasteiger partial charge is 0.273 e. The maximum Gasteiger partial charge on any atom is 0.270 e. The van der Waals surface area contributed by atoms with Crippen LogP contribution in [0.15, 0.2) is 58.1 Å². The van der Waals surface area contributed by atoms with Gasteiger partial charge in [0, 0.05) is 35.5 Å². The molecule has 0 aromatic heterocycles. The topological polar surface area (TPSA) is 75.8 Å². The second kappa shape index (κ2) is 6.52. The van der Waals surface area contributed by atoms with Crippen molar-refractivity contribution in [1.82, 2.24) is 5.01 Å². The lowest BCUT2D eigenvalue weighted by Gasteiger charge is -2.20. The van der Waals surface area contributed by atoms with Gasteiger partial charge in [-0.3, -0.25) is 14.9 Å². The lowest BCUT2D eigenvalue weighted by Crippen LogP contribution is -2.24. The molecule has 0 N–H and O–H groups in total. The van der Waals surface area contributed by atoms with Crippen LogP contribution >= 0.6 is 15.9 Å². The van der Waals surface area contributed by atoms with Gasteiger partial charge in [0.1, 0.15) is 0 Å². The number of carbonyl (C=O) groups excluding carboxylic acids is 1. The number of hydrazone groups is 1. The summed E-state index contributed by atoms with van der Waals surface area (Å²) in [5, 5.41) is 16.8. The minimum absolute atomic E-state index is 0.0108. The molecule has 122 valence electrons. The molecule has 7 heteroatoms. The van der Waals surface area contributed by atoms with Gasteiger partial charge in [-0.1, -0.05) is 40.2 Å². The van der Waals surface area contributed by atoms with Crippen LogP contribution in [0, 0.1) is 10.1 Å². The summed E-state index contributed by atoms with van der Waals surface area (Å²) in [6, 6.07) is 13.8. The number of nitro groups is 1. The molecule has 0 bridgehead atoms. The van der Waals surface area contributed by atoms with Gasteiger partial charge in [0.05, 0.1) is 16.7 Å². The summed E-state index contributed by atoms with van der Waals surface area (Å²) in [4.78, 5) is 22.5. The predicted molar refractivity (Wildman–Crippen MR) is 93.7 cm³/mol. The number of rotatable bonds is 3. The zero-order chi connectivity index (χ0) is 17.3. The number of hydrogen-bond acceptors (Lipinski definition) is 4. The molecule has 1 aliphatic rings. The van der Waals surface area contributed by atoms with Crippen LogP contribution in [0.1, 0.15) is 30.5 Å². The molecule has 0 unspecified atom stereocenters. The standard InChI is InChI=1S/C17H14BrN3O3/c1-11(22)20-17(12-5-7-14(18)8-6-12)10-16(19-20)13-3-2-4-15(9-13)21(23)24/h2-9,17H,10H2,1H3/t17-/m0/s1. The summed E-state index contributed by atoms with van der Waals surface area (Å²) in [5.74, 6) is -0.164. The number of benzene rings is 2. The van der Waals surface area contributed by atoms with Gasteiger partial charge < -0.3 is 0 Å². The van der Waals surface area contributed by atoms with E-state index in [0.29, 0.717) is 17.7 Å². The van der Waals surface area contributed by atoms with Crippen molar-refractivity contribution in [1.29, 1.82) is 0 Å². The third-order valence-corrected chi connectivity index (χ3v) is 4.41. The smallest absolute Gasteiger partial charge is 0.270 e. The Hall–Kier alpha value is -2.54. The molecular weight excluding hydrogens is 374 g/mol. The number of hydrogen-bond donors (Lipinski definition) is 0. The zero-order valence-electron chi connectivity index (χ0n) is 12.8. The minimum atomic E-state index is -0.437.